The number of carboxylic acid groups (broad SMARTS) is 1. The van der Waals surface area contributed by atoms with E-state index < -0.39 is 17.0 Å². The van der Waals surface area contributed by atoms with E-state index in [0.29, 0.717) is 5.82 Å². The molecular formula is C17H22N2O3S. The third-order valence-electron chi connectivity index (χ3n) is 4.20. The summed E-state index contributed by atoms with van der Waals surface area (Å²) in [5, 5.41) is 8.92. The number of hydrogen-bond acceptors (Lipinski definition) is 3. The summed E-state index contributed by atoms with van der Waals surface area (Å²) in [5.74, 6) is -1.75. The Kier molecular flexibility index (Phi) is 5.46. The Bertz CT molecular complexity index is 752. The van der Waals surface area contributed by atoms with Crippen LogP contribution < -0.4 is 0 Å². The molecule has 0 bridgehead atoms. The molecule has 124 valence electrons. The Labute approximate surface area is 140 Å². The van der Waals surface area contributed by atoms with Crippen LogP contribution in [0.3, 0.4) is 0 Å². The number of rotatable bonds is 7. The van der Waals surface area contributed by atoms with Crippen molar-refractivity contribution in [3.8, 4) is 0 Å². The van der Waals surface area contributed by atoms with E-state index >= 15 is 0 Å². The number of benzene rings is 1. The number of carboxylic acids is 1. The average molecular weight is 334 g/mol. The third-order valence-corrected chi connectivity index (χ3v) is 4.38. The number of carbonyl (C=O) groups excluding carboxylic acids is 1. The number of imidazole rings is 1. The number of aromatic amines is 1. The van der Waals surface area contributed by atoms with Crippen LogP contribution in [0.4, 0.5) is 0 Å². The molecule has 6 heteroatoms. The SMILES string of the molecule is CCc1cc2[nH]c(C(CC(=O)S)C(=O)O)nc2c(CC)c1CC. The molecule has 1 heterocycles. The van der Waals surface area contributed by atoms with Gasteiger partial charge >= 0.3 is 5.97 Å². The Hall–Kier alpha value is -1.82. The number of aryl methyl sites for hydroxylation is 2. The number of carbonyl (C=O) groups is 2. The van der Waals surface area contributed by atoms with Crippen LogP contribution in [0.1, 0.15) is 55.6 Å². The number of aromatic nitrogens is 2. The molecule has 0 fully saturated rings. The first-order valence-corrected chi connectivity index (χ1v) is 8.35. The lowest BCUT2D eigenvalue weighted by molar-refractivity contribution is -0.140. The van der Waals surface area contributed by atoms with Gasteiger partial charge in [0.05, 0.1) is 11.0 Å². The van der Waals surface area contributed by atoms with Crippen LogP contribution in [-0.2, 0) is 28.9 Å². The molecule has 1 atom stereocenters. The van der Waals surface area contributed by atoms with E-state index in [2.05, 4.69) is 43.4 Å². The van der Waals surface area contributed by atoms with Crippen LogP contribution in [0.2, 0.25) is 0 Å². The number of nitrogens with zero attached hydrogens (tertiary/aromatic N) is 1. The molecule has 2 N–H and O–H groups in total. The van der Waals surface area contributed by atoms with Gasteiger partial charge in [0.15, 0.2) is 5.12 Å². The molecule has 2 rings (SSSR count). The van der Waals surface area contributed by atoms with Gasteiger partial charge in [-0.25, -0.2) is 4.98 Å². The van der Waals surface area contributed by atoms with Crippen molar-refractivity contribution >= 4 is 34.7 Å². The Morgan fingerprint density at radius 2 is 1.87 bits per heavy atom. The van der Waals surface area contributed by atoms with Gasteiger partial charge < -0.3 is 10.1 Å². The van der Waals surface area contributed by atoms with Crippen molar-refractivity contribution < 1.29 is 14.7 Å². The molecule has 1 aromatic heterocycles. The summed E-state index contributed by atoms with van der Waals surface area (Å²) in [6, 6.07) is 2.05. The molecule has 0 saturated heterocycles. The van der Waals surface area contributed by atoms with Crippen molar-refractivity contribution in [1.29, 1.82) is 0 Å². The molecule has 1 aromatic carbocycles. The predicted octanol–water partition coefficient (Wildman–Crippen LogP) is 3.26. The van der Waals surface area contributed by atoms with Gasteiger partial charge in [-0.3, -0.25) is 9.59 Å². The lowest BCUT2D eigenvalue weighted by atomic mass is 9.94. The molecule has 2 aromatic rings. The minimum absolute atomic E-state index is 0.180. The van der Waals surface area contributed by atoms with Gasteiger partial charge in [0.25, 0.3) is 0 Å². The summed E-state index contributed by atoms with van der Waals surface area (Å²) in [5.41, 5.74) is 5.35. The number of hydrogen-bond donors (Lipinski definition) is 3. The molecule has 0 aliphatic heterocycles. The molecular weight excluding hydrogens is 312 g/mol. The van der Waals surface area contributed by atoms with E-state index in [9.17, 15) is 14.7 Å². The number of H-pyrrole nitrogens is 1. The Balaban J connectivity index is 2.65. The monoisotopic (exact) mass is 334 g/mol. The first kappa shape index (κ1) is 17.5. The van der Waals surface area contributed by atoms with Crippen LogP contribution in [-0.4, -0.2) is 26.2 Å². The molecule has 0 spiro atoms. The smallest absolute Gasteiger partial charge is 0.314 e. The quantitative estimate of drug-likeness (QED) is 0.679. The molecule has 0 aliphatic rings. The van der Waals surface area contributed by atoms with Gasteiger partial charge in [0.1, 0.15) is 11.7 Å². The zero-order valence-corrected chi connectivity index (χ0v) is 14.5. The van der Waals surface area contributed by atoms with Crippen molar-refractivity contribution in [2.75, 3.05) is 0 Å². The lowest BCUT2D eigenvalue weighted by Gasteiger charge is -2.12. The van der Waals surface area contributed by atoms with Crippen molar-refractivity contribution in [2.24, 2.45) is 0 Å². The van der Waals surface area contributed by atoms with E-state index in [1.54, 1.807) is 0 Å². The van der Waals surface area contributed by atoms with Gasteiger partial charge in [-0.05, 0) is 42.0 Å². The highest BCUT2D eigenvalue weighted by Gasteiger charge is 2.26. The van der Waals surface area contributed by atoms with Crippen molar-refractivity contribution in [3.05, 3.63) is 28.6 Å². The molecule has 0 aliphatic carbocycles. The van der Waals surface area contributed by atoms with Gasteiger partial charge in [-0.15, -0.1) is 12.6 Å². The van der Waals surface area contributed by atoms with E-state index in [1.165, 1.54) is 11.1 Å². The van der Waals surface area contributed by atoms with Crippen LogP contribution in [0, 0.1) is 0 Å². The Morgan fingerprint density at radius 1 is 1.22 bits per heavy atom. The largest absolute Gasteiger partial charge is 0.481 e. The highest BCUT2D eigenvalue weighted by Crippen LogP contribution is 2.29. The second-order valence-corrected chi connectivity index (χ2v) is 6.06. The van der Waals surface area contributed by atoms with Gasteiger partial charge in [0, 0.05) is 6.42 Å². The number of fused-ring (bicyclic) bond motifs is 1. The fourth-order valence-electron chi connectivity index (χ4n) is 3.12. The summed E-state index contributed by atoms with van der Waals surface area (Å²) in [6.45, 7) is 6.30. The Morgan fingerprint density at radius 3 is 2.35 bits per heavy atom. The number of nitrogens with one attached hydrogen (secondary N) is 1. The number of aliphatic carboxylic acids is 1. The van der Waals surface area contributed by atoms with E-state index in [0.717, 1.165) is 35.9 Å². The minimum atomic E-state index is -1.07. The first-order chi connectivity index (χ1) is 10.9. The highest BCUT2D eigenvalue weighted by molar-refractivity contribution is 7.96. The summed E-state index contributed by atoms with van der Waals surface area (Å²) in [6.07, 6.45) is 2.49. The van der Waals surface area contributed by atoms with Crippen LogP contribution in [0.25, 0.3) is 11.0 Å². The normalized spacial score (nSPS) is 12.5. The van der Waals surface area contributed by atoms with E-state index in [-0.39, 0.29) is 6.42 Å². The topological polar surface area (TPSA) is 83.0 Å². The zero-order valence-electron chi connectivity index (χ0n) is 13.6. The summed E-state index contributed by atoms with van der Waals surface area (Å²) in [7, 11) is 0. The van der Waals surface area contributed by atoms with E-state index in [4.69, 9.17) is 0 Å². The summed E-state index contributed by atoms with van der Waals surface area (Å²) >= 11 is 3.70. The highest BCUT2D eigenvalue weighted by atomic mass is 32.1. The van der Waals surface area contributed by atoms with Gasteiger partial charge in [-0.2, -0.15) is 0 Å². The van der Waals surface area contributed by atoms with Crippen LogP contribution in [0.5, 0.6) is 0 Å². The van der Waals surface area contributed by atoms with Crippen LogP contribution in [0.15, 0.2) is 6.07 Å². The molecule has 0 radical (unpaired) electrons. The maximum Gasteiger partial charge on any atom is 0.314 e. The first-order valence-electron chi connectivity index (χ1n) is 7.90. The second kappa shape index (κ2) is 7.17. The van der Waals surface area contributed by atoms with E-state index in [1.807, 2.05) is 6.07 Å². The standard InChI is InChI=1S/C17H22N2O3S/c1-4-9-7-13-15(11(6-3)10(9)5-2)19-16(18-13)12(17(21)22)8-14(20)23/h7,12H,4-6,8H2,1-3H3,(H,18,19)(H,20,23)(H,21,22). The minimum Gasteiger partial charge on any atom is -0.481 e. The molecule has 1 unspecified atom stereocenters. The molecule has 23 heavy (non-hydrogen) atoms. The zero-order chi connectivity index (χ0) is 17.1. The van der Waals surface area contributed by atoms with Crippen molar-refractivity contribution in [2.45, 2.75) is 52.4 Å². The van der Waals surface area contributed by atoms with Crippen molar-refractivity contribution in [3.63, 3.8) is 0 Å². The van der Waals surface area contributed by atoms with Gasteiger partial charge in [-0.1, -0.05) is 20.8 Å². The molecule has 5 nitrogen and oxygen atoms in total. The lowest BCUT2D eigenvalue weighted by Crippen LogP contribution is -2.15. The summed E-state index contributed by atoms with van der Waals surface area (Å²) < 4.78 is 0. The second-order valence-electron chi connectivity index (χ2n) is 5.56. The molecule has 0 amide bonds. The maximum absolute atomic E-state index is 11.5. The van der Waals surface area contributed by atoms with Crippen LogP contribution >= 0.6 is 12.6 Å². The van der Waals surface area contributed by atoms with Crippen molar-refractivity contribution in [1.82, 2.24) is 9.97 Å². The predicted molar refractivity (Wildman–Crippen MR) is 93.2 cm³/mol. The maximum atomic E-state index is 11.5. The summed E-state index contributed by atoms with van der Waals surface area (Å²) in [4.78, 5) is 30.3. The fraction of sp³-hybridized carbons (Fsp3) is 0.471. The number of thiol groups is 1. The van der Waals surface area contributed by atoms with Gasteiger partial charge in [0.2, 0.25) is 0 Å². The molecule has 0 saturated carbocycles. The average Bonchev–Trinajstić information content (AvgIpc) is 2.93. The third kappa shape index (κ3) is 3.42. The fourth-order valence-corrected chi connectivity index (χ4v) is 3.30.